The SMILES string of the molecule is C=C(C[Si](O[Si](C)(C)C)(O[Si](C)(C)C)O[Si](C)(C)C)C(=O)O. The normalized spacial score (nSPS) is 14.0. The minimum absolute atomic E-state index is 0.0985. The van der Waals surface area contributed by atoms with E-state index in [2.05, 4.69) is 65.5 Å². The van der Waals surface area contributed by atoms with Crippen molar-refractivity contribution in [2.45, 2.75) is 65.0 Å². The third kappa shape index (κ3) is 9.87. The molecule has 0 aromatic rings. The second kappa shape index (κ2) is 7.24. The van der Waals surface area contributed by atoms with Gasteiger partial charge in [-0.25, -0.2) is 4.79 Å². The fourth-order valence-electron chi connectivity index (χ4n) is 1.91. The molecule has 0 spiro atoms. The highest BCUT2D eigenvalue weighted by Gasteiger charge is 2.50. The van der Waals surface area contributed by atoms with Gasteiger partial charge in [-0.2, -0.15) is 0 Å². The zero-order valence-corrected chi connectivity index (χ0v) is 19.5. The Balaban J connectivity index is 5.78. The van der Waals surface area contributed by atoms with Gasteiger partial charge in [-0.3, -0.25) is 0 Å². The maximum atomic E-state index is 11.3. The van der Waals surface area contributed by atoms with Crippen LogP contribution in [0.1, 0.15) is 0 Å². The van der Waals surface area contributed by atoms with E-state index in [0.29, 0.717) is 0 Å². The molecule has 0 saturated heterocycles. The molecule has 0 aromatic carbocycles. The standard InChI is InChI=1S/C13H32O5Si4/c1-12(13(14)15)11-22(16-19(2,3)4,17-20(5,6)7)18-21(8,9)10/h1,11H2,2-10H3,(H,14,15). The predicted molar refractivity (Wildman–Crippen MR) is 101 cm³/mol. The fourth-order valence-corrected chi connectivity index (χ4v) is 16.3. The maximum absolute atomic E-state index is 11.3. The minimum atomic E-state index is -3.12. The lowest BCUT2D eigenvalue weighted by atomic mass is 10.4. The number of carboxylic acids is 1. The third-order valence-electron chi connectivity index (χ3n) is 2.12. The quantitative estimate of drug-likeness (QED) is 0.481. The molecule has 5 nitrogen and oxygen atoms in total. The van der Waals surface area contributed by atoms with Crippen molar-refractivity contribution in [2.75, 3.05) is 0 Å². The molecule has 0 heterocycles. The van der Waals surface area contributed by atoms with Gasteiger partial charge in [0.05, 0.1) is 0 Å². The lowest BCUT2D eigenvalue weighted by molar-refractivity contribution is -0.132. The molecule has 0 aliphatic rings. The molecule has 0 saturated carbocycles. The van der Waals surface area contributed by atoms with Gasteiger partial charge < -0.3 is 17.5 Å². The summed E-state index contributed by atoms with van der Waals surface area (Å²) in [5.74, 6) is -1.02. The van der Waals surface area contributed by atoms with Crippen LogP contribution in [-0.2, 0) is 17.1 Å². The molecule has 0 unspecified atom stereocenters. The summed E-state index contributed by atoms with van der Waals surface area (Å²) < 4.78 is 19.1. The summed E-state index contributed by atoms with van der Waals surface area (Å²) in [5, 5.41) is 9.23. The van der Waals surface area contributed by atoms with Crippen LogP contribution in [0.3, 0.4) is 0 Å². The van der Waals surface area contributed by atoms with Crippen molar-refractivity contribution in [2.24, 2.45) is 0 Å². The van der Waals surface area contributed by atoms with Crippen molar-refractivity contribution in [1.29, 1.82) is 0 Å². The summed E-state index contributed by atoms with van der Waals surface area (Å²) in [6.07, 6.45) is 0. The van der Waals surface area contributed by atoms with Crippen LogP contribution in [0.5, 0.6) is 0 Å². The summed E-state index contributed by atoms with van der Waals surface area (Å²) in [5.41, 5.74) is 0.0985. The predicted octanol–water partition coefficient (Wildman–Crippen LogP) is 4.12. The molecule has 130 valence electrons. The zero-order chi connectivity index (χ0) is 18.0. The lowest BCUT2D eigenvalue weighted by Gasteiger charge is -2.42. The first-order chi connectivity index (χ1) is 9.45. The van der Waals surface area contributed by atoms with E-state index in [1.54, 1.807) is 0 Å². The Labute approximate surface area is 139 Å². The van der Waals surface area contributed by atoms with E-state index in [-0.39, 0.29) is 11.6 Å². The topological polar surface area (TPSA) is 65.0 Å². The molecule has 22 heavy (non-hydrogen) atoms. The largest absolute Gasteiger partial charge is 0.478 e. The highest BCUT2D eigenvalue weighted by molar-refractivity contribution is 6.90. The Morgan fingerprint density at radius 1 is 0.818 bits per heavy atom. The van der Waals surface area contributed by atoms with Gasteiger partial charge in [0, 0.05) is 11.6 Å². The van der Waals surface area contributed by atoms with Crippen molar-refractivity contribution in [1.82, 2.24) is 0 Å². The van der Waals surface area contributed by atoms with Crippen LogP contribution in [0, 0.1) is 0 Å². The van der Waals surface area contributed by atoms with E-state index in [0.717, 1.165) is 0 Å². The molecule has 0 radical (unpaired) electrons. The molecule has 0 aliphatic heterocycles. The molecule has 0 aliphatic carbocycles. The third-order valence-corrected chi connectivity index (χ3v) is 14.1. The van der Waals surface area contributed by atoms with Crippen molar-refractivity contribution in [3.8, 4) is 0 Å². The van der Waals surface area contributed by atoms with E-state index in [9.17, 15) is 9.90 Å². The van der Waals surface area contributed by atoms with Crippen molar-refractivity contribution in [3.63, 3.8) is 0 Å². The first-order valence-electron chi connectivity index (χ1n) is 7.46. The van der Waals surface area contributed by atoms with Crippen molar-refractivity contribution in [3.05, 3.63) is 12.2 Å². The zero-order valence-electron chi connectivity index (χ0n) is 15.5. The molecular formula is C13H32O5Si4. The molecule has 0 rings (SSSR count). The number of carboxylic acid groups (broad SMARTS) is 1. The van der Waals surface area contributed by atoms with Gasteiger partial charge in [-0.05, 0) is 58.9 Å². The summed E-state index contributed by atoms with van der Waals surface area (Å²) in [7, 11) is -9.04. The first kappa shape index (κ1) is 22.0. The number of hydrogen-bond donors (Lipinski definition) is 1. The molecule has 0 amide bonds. The van der Waals surface area contributed by atoms with E-state index in [1.807, 2.05) is 0 Å². The molecule has 0 atom stereocenters. The number of aliphatic carboxylic acids is 1. The first-order valence-corrected chi connectivity index (χ1v) is 19.6. The second-order valence-corrected chi connectivity index (χ2v) is 25.3. The minimum Gasteiger partial charge on any atom is -0.478 e. The molecule has 9 heteroatoms. The summed E-state index contributed by atoms with van der Waals surface area (Å²) in [6, 6.07) is 0.154. The van der Waals surface area contributed by atoms with E-state index >= 15 is 0 Å². The molecular weight excluding hydrogens is 348 g/mol. The monoisotopic (exact) mass is 380 g/mol. The number of hydrogen-bond acceptors (Lipinski definition) is 4. The summed E-state index contributed by atoms with van der Waals surface area (Å²) >= 11 is 0. The molecule has 0 fully saturated rings. The van der Waals surface area contributed by atoms with Crippen LogP contribution in [-0.4, -0.2) is 44.8 Å². The Morgan fingerprint density at radius 3 is 1.27 bits per heavy atom. The number of rotatable bonds is 9. The summed E-state index contributed by atoms with van der Waals surface area (Å²) in [4.78, 5) is 11.3. The highest BCUT2D eigenvalue weighted by atomic mass is 28.5. The Bertz CT molecular complexity index is 377. The van der Waals surface area contributed by atoms with Gasteiger partial charge >= 0.3 is 14.8 Å². The van der Waals surface area contributed by atoms with Crippen LogP contribution < -0.4 is 0 Å². The van der Waals surface area contributed by atoms with Crippen LogP contribution in [0.2, 0.25) is 65.0 Å². The van der Waals surface area contributed by atoms with Gasteiger partial charge in [-0.1, -0.05) is 6.58 Å². The van der Waals surface area contributed by atoms with Gasteiger partial charge in [0.25, 0.3) is 0 Å². The smallest absolute Gasteiger partial charge is 0.474 e. The van der Waals surface area contributed by atoms with Gasteiger partial charge in [0.1, 0.15) is 0 Å². The van der Waals surface area contributed by atoms with Gasteiger partial charge in [0.2, 0.25) is 0 Å². The van der Waals surface area contributed by atoms with E-state index in [4.69, 9.17) is 12.3 Å². The number of carbonyl (C=O) groups is 1. The average molecular weight is 381 g/mol. The Kier molecular flexibility index (Phi) is 7.23. The van der Waals surface area contributed by atoms with Crippen LogP contribution in [0.4, 0.5) is 0 Å². The van der Waals surface area contributed by atoms with E-state index in [1.165, 1.54) is 0 Å². The van der Waals surface area contributed by atoms with Crippen LogP contribution >= 0.6 is 0 Å². The fraction of sp³-hybridized carbons (Fsp3) is 0.769. The van der Waals surface area contributed by atoms with Gasteiger partial charge in [0.15, 0.2) is 25.0 Å². The molecule has 0 bridgehead atoms. The van der Waals surface area contributed by atoms with Crippen molar-refractivity contribution >= 4 is 39.7 Å². The van der Waals surface area contributed by atoms with E-state index < -0.39 is 39.7 Å². The second-order valence-electron chi connectivity index (χ2n) is 8.41. The maximum Gasteiger partial charge on any atom is 0.474 e. The Hall–Kier alpha value is -0.0425. The molecule has 0 aromatic heterocycles. The van der Waals surface area contributed by atoms with Crippen LogP contribution in [0.25, 0.3) is 0 Å². The lowest BCUT2D eigenvalue weighted by Crippen LogP contribution is -2.60. The van der Waals surface area contributed by atoms with Crippen LogP contribution in [0.15, 0.2) is 12.2 Å². The highest BCUT2D eigenvalue weighted by Crippen LogP contribution is 2.31. The summed E-state index contributed by atoms with van der Waals surface area (Å²) in [6.45, 7) is 22.3. The molecule has 1 N–H and O–H groups in total. The average Bonchev–Trinajstić information content (AvgIpc) is 2.06. The van der Waals surface area contributed by atoms with Gasteiger partial charge in [-0.15, -0.1) is 0 Å². The van der Waals surface area contributed by atoms with Crippen molar-refractivity contribution < 1.29 is 22.2 Å². The Morgan fingerprint density at radius 2 is 1.09 bits per heavy atom.